The zero-order valence-electron chi connectivity index (χ0n) is 23.3. The Labute approximate surface area is 243 Å². The van der Waals surface area contributed by atoms with Crippen molar-refractivity contribution in [2.75, 3.05) is 33.7 Å². The maximum Gasteiger partial charge on any atom is 0.338 e. The molecule has 1 unspecified atom stereocenters. The SMILES string of the molecule is C#CCN(C1CC2(CC=C1c1cc3c(cc1C(=O)OC)OCO3)OCC(C)(C)CO2)S(=O)(=O)c1ccccc1[N+](=O)[O-]. The van der Waals surface area contributed by atoms with Crippen molar-refractivity contribution in [1.82, 2.24) is 4.31 Å². The van der Waals surface area contributed by atoms with Gasteiger partial charge in [0.15, 0.2) is 22.2 Å². The first-order valence-corrected chi connectivity index (χ1v) is 14.5. The van der Waals surface area contributed by atoms with Crippen LogP contribution in [0.15, 0.2) is 47.4 Å². The van der Waals surface area contributed by atoms with Crippen molar-refractivity contribution in [3.63, 3.8) is 0 Å². The second kappa shape index (κ2) is 11.0. The molecule has 5 rings (SSSR count). The Morgan fingerprint density at radius 3 is 2.50 bits per heavy atom. The summed E-state index contributed by atoms with van der Waals surface area (Å²) in [6, 6.07) is 7.05. The predicted molar refractivity (Wildman–Crippen MR) is 149 cm³/mol. The monoisotopic (exact) mass is 598 g/mol. The van der Waals surface area contributed by atoms with E-state index < -0.39 is 49.9 Å². The van der Waals surface area contributed by atoms with Gasteiger partial charge >= 0.3 is 5.97 Å². The molecule has 1 spiro atoms. The van der Waals surface area contributed by atoms with Gasteiger partial charge in [-0.05, 0) is 29.3 Å². The predicted octanol–water partition coefficient (Wildman–Crippen LogP) is 3.75. The molecule has 0 aromatic heterocycles. The molecule has 0 saturated carbocycles. The van der Waals surface area contributed by atoms with Crippen molar-refractivity contribution in [3.8, 4) is 23.8 Å². The maximum absolute atomic E-state index is 14.2. The number of nitro benzene ring substituents is 1. The fraction of sp³-hybridized carbons (Fsp3) is 0.414. The molecular weight excluding hydrogens is 568 g/mol. The zero-order valence-corrected chi connectivity index (χ0v) is 24.1. The normalized spacial score (nSPS) is 20.5. The fourth-order valence-electron chi connectivity index (χ4n) is 5.27. The number of carbonyl (C=O) groups excluding carboxylic acids is 1. The summed E-state index contributed by atoms with van der Waals surface area (Å²) in [6.45, 7) is 4.19. The van der Waals surface area contributed by atoms with E-state index in [9.17, 15) is 23.3 Å². The Kier molecular flexibility index (Phi) is 7.76. The smallest absolute Gasteiger partial charge is 0.338 e. The van der Waals surface area contributed by atoms with Gasteiger partial charge in [0.1, 0.15) is 0 Å². The lowest BCUT2D eigenvalue weighted by Crippen LogP contribution is -2.54. The molecular formula is C29H30N2O10S. The van der Waals surface area contributed by atoms with Gasteiger partial charge in [0.2, 0.25) is 6.79 Å². The van der Waals surface area contributed by atoms with Crippen molar-refractivity contribution < 1.29 is 41.8 Å². The molecule has 1 atom stereocenters. The summed E-state index contributed by atoms with van der Waals surface area (Å²) in [4.78, 5) is 23.5. The molecule has 0 N–H and O–H groups in total. The number of carbonyl (C=O) groups is 1. The highest BCUT2D eigenvalue weighted by molar-refractivity contribution is 7.89. The van der Waals surface area contributed by atoms with Gasteiger partial charge < -0.3 is 23.7 Å². The lowest BCUT2D eigenvalue weighted by atomic mass is 9.82. The molecule has 2 aromatic rings. The zero-order chi connectivity index (χ0) is 30.3. The summed E-state index contributed by atoms with van der Waals surface area (Å²) in [5, 5.41) is 11.8. The van der Waals surface area contributed by atoms with E-state index in [-0.39, 0.29) is 30.6 Å². The van der Waals surface area contributed by atoms with Crippen LogP contribution in [0.5, 0.6) is 11.5 Å². The van der Waals surface area contributed by atoms with E-state index in [4.69, 9.17) is 30.1 Å². The number of fused-ring (bicyclic) bond motifs is 1. The number of hydrogen-bond donors (Lipinski definition) is 0. The first-order chi connectivity index (χ1) is 19.9. The molecule has 0 amide bonds. The average Bonchev–Trinajstić information content (AvgIpc) is 3.44. The number of terminal acetylenes is 1. The van der Waals surface area contributed by atoms with Crippen molar-refractivity contribution >= 4 is 27.3 Å². The molecule has 2 aliphatic heterocycles. The lowest BCUT2D eigenvalue weighted by Gasteiger charge is -2.48. The van der Waals surface area contributed by atoms with Crippen molar-refractivity contribution in [3.05, 3.63) is 63.7 Å². The topological polar surface area (TPSA) is 144 Å². The van der Waals surface area contributed by atoms with Crippen LogP contribution in [0.2, 0.25) is 0 Å². The van der Waals surface area contributed by atoms with Crippen LogP contribution >= 0.6 is 0 Å². The third kappa shape index (κ3) is 5.34. The number of esters is 1. The summed E-state index contributed by atoms with van der Waals surface area (Å²) >= 11 is 0. The highest BCUT2D eigenvalue weighted by Crippen LogP contribution is 2.47. The molecule has 42 heavy (non-hydrogen) atoms. The fourth-order valence-corrected chi connectivity index (χ4v) is 6.95. The average molecular weight is 599 g/mol. The molecule has 3 aliphatic rings. The van der Waals surface area contributed by atoms with Crippen LogP contribution in [0.3, 0.4) is 0 Å². The summed E-state index contributed by atoms with van der Waals surface area (Å²) in [7, 11) is -3.35. The van der Waals surface area contributed by atoms with Gasteiger partial charge in [-0.25, -0.2) is 13.2 Å². The van der Waals surface area contributed by atoms with Crippen LogP contribution in [0.25, 0.3) is 5.57 Å². The van der Waals surface area contributed by atoms with Gasteiger partial charge in [-0.15, -0.1) is 6.42 Å². The van der Waals surface area contributed by atoms with Gasteiger partial charge in [0.25, 0.3) is 15.7 Å². The Balaban J connectivity index is 1.70. The third-order valence-electron chi connectivity index (χ3n) is 7.42. The third-order valence-corrected chi connectivity index (χ3v) is 9.32. The molecule has 13 heteroatoms. The van der Waals surface area contributed by atoms with E-state index >= 15 is 0 Å². The summed E-state index contributed by atoms with van der Waals surface area (Å²) < 4.78 is 58.0. The quantitative estimate of drug-likeness (QED) is 0.200. The van der Waals surface area contributed by atoms with Crippen LogP contribution in [-0.2, 0) is 24.2 Å². The van der Waals surface area contributed by atoms with E-state index in [1.807, 2.05) is 13.8 Å². The Bertz CT molecular complexity index is 1600. The van der Waals surface area contributed by atoms with Crippen molar-refractivity contribution in [2.24, 2.45) is 5.41 Å². The molecule has 1 fully saturated rings. The standard InChI is InChI=1S/C29H30N2O10S/c1-5-12-30(42(35,36)26-9-7-6-8-22(26)31(33)34)23-15-29(40-16-28(2,3)17-41-29)11-10-19(23)20-13-24-25(39-18-38-24)14-21(20)27(32)37-4/h1,6-10,13-14,23H,11-12,15-18H2,2-4H3. The molecule has 12 nitrogen and oxygen atoms in total. The van der Waals surface area contributed by atoms with Crippen LogP contribution in [0, 0.1) is 27.9 Å². The molecule has 0 radical (unpaired) electrons. The first kappa shape index (κ1) is 29.5. The van der Waals surface area contributed by atoms with Gasteiger partial charge in [-0.2, -0.15) is 4.31 Å². The number of nitrogens with zero attached hydrogens (tertiary/aromatic N) is 2. The van der Waals surface area contributed by atoms with Gasteiger partial charge in [-0.3, -0.25) is 10.1 Å². The van der Waals surface area contributed by atoms with Crippen LogP contribution in [0.1, 0.15) is 42.6 Å². The largest absolute Gasteiger partial charge is 0.465 e. The number of benzene rings is 2. The van der Waals surface area contributed by atoms with Gasteiger partial charge in [0, 0.05) is 24.3 Å². The first-order valence-electron chi connectivity index (χ1n) is 13.1. The Morgan fingerprint density at radius 1 is 1.19 bits per heavy atom. The molecule has 1 aliphatic carbocycles. The second-order valence-electron chi connectivity index (χ2n) is 11.0. The summed E-state index contributed by atoms with van der Waals surface area (Å²) in [5.41, 5.74) is -0.00391. The Hall–Kier alpha value is -3.96. The highest BCUT2D eigenvalue weighted by atomic mass is 32.2. The number of nitro groups is 1. The number of ether oxygens (including phenoxy) is 5. The second-order valence-corrected chi connectivity index (χ2v) is 12.8. The number of sulfonamides is 1. The van der Waals surface area contributed by atoms with E-state index in [1.54, 1.807) is 12.1 Å². The minimum Gasteiger partial charge on any atom is -0.465 e. The molecule has 1 saturated heterocycles. The van der Waals surface area contributed by atoms with Crippen molar-refractivity contribution in [2.45, 2.75) is 43.4 Å². The molecule has 222 valence electrons. The number of para-hydroxylation sites is 1. The molecule has 2 aromatic carbocycles. The summed E-state index contributed by atoms with van der Waals surface area (Å²) in [5.74, 6) is 1.20. The van der Waals surface area contributed by atoms with E-state index in [0.717, 1.165) is 16.4 Å². The molecule has 0 bridgehead atoms. The lowest BCUT2D eigenvalue weighted by molar-refractivity contribution is -0.387. The van der Waals surface area contributed by atoms with E-state index in [2.05, 4.69) is 5.92 Å². The maximum atomic E-state index is 14.2. The van der Waals surface area contributed by atoms with Gasteiger partial charge in [0.05, 0.1) is 43.4 Å². The van der Waals surface area contributed by atoms with Gasteiger partial charge in [-0.1, -0.05) is 38.0 Å². The van der Waals surface area contributed by atoms with E-state index in [0.29, 0.717) is 35.8 Å². The summed E-state index contributed by atoms with van der Waals surface area (Å²) in [6.07, 6.45) is 7.66. The van der Waals surface area contributed by atoms with E-state index in [1.165, 1.54) is 25.3 Å². The number of hydrogen-bond acceptors (Lipinski definition) is 10. The molecule has 2 heterocycles. The van der Waals surface area contributed by atoms with Crippen LogP contribution in [0.4, 0.5) is 5.69 Å². The highest BCUT2D eigenvalue weighted by Gasteiger charge is 2.49. The minimum atomic E-state index is -4.58. The van der Waals surface area contributed by atoms with Crippen molar-refractivity contribution in [1.29, 1.82) is 0 Å². The van der Waals surface area contributed by atoms with Crippen LogP contribution in [-0.4, -0.2) is 69.1 Å². The Morgan fingerprint density at radius 2 is 1.86 bits per heavy atom. The van der Waals surface area contributed by atoms with Crippen LogP contribution < -0.4 is 9.47 Å². The number of methoxy groups -OCH3 is 1. The number of rotatable bonds is 7. The minimum absolute atomic E-state index is 0.00842.